The fraction of sp³-hybridized carbons (Fsp3) is 0.440. The van der Waals surface area contributed by atoms with Gasteiger partial charge in [-0.3, -0.25) is 9.47 Å². The van der Waals surface area contributed by atoms with E-state index in [-0.39, 0.29) is 5.56 Å². The summed E-state index contributed by atoms with van der Waals surface area (Å²) < 4.78 is 12.9. The SMILES string of the molecule is CCOCCN1CCN(c2cccc(-n3c(CCOC)nc4cc(C(=O)O)ccc43)c2)CC1. The molecule has 8 nitrogen and oxygen atoms in total. The molecular formula is C25H32N4O4. The molecule has 1 fully saturated rings. The van der Waals surface area contributed by atoms with Crippen LogP contribution in [-0.2, 0) is 15.9 Å². The van der Waals surface area contributed by atoms with E-state index in [1.54, 1.807) is 19.2 Å². The number of nitrogens with zero attached hydrogens (tertiary/aromatic N) is 4. The number of piperazine rings is 1. The minimum Gasteiger partial charge on any atom is -0.478 e. The molecule has 0 spiro atoms. The second-order valence-electron chi connectivity index (χ2n) is 8.16. The van der Waals surface area contributed by atoms with Crippen molar-refractivity contribution in [3.8, 4) is 5.69 Å². The van der Waals surface area contributed by atoms with E-state index in [0.717, 1.165) is 63.0 Å². The summed E-state index contributed by atoms with van der Waals surface area (Å²) in [5.41, 5.74) is 4.00. The molecule has 0 aliphatic carbocycles. The Labute approximate surface area is 194 Å². The van der Waals surface area contributed by atoms with E-state index in [2.05, 4.69) is 38.6 Å². The predicted octanol–water partition coefficient (Wildman–Crippen LogP) is 3.07. The Morgan fingerprint density at radius 3 is 2.58 bits per heavy atom. The maximum Gasteiger partial charge on any atom is 0.335 e. The van der Waals surface area contributed by atoms with E-state index in [0.29, 0.717) is 18.5 Å². The highest BCUT2D eigenvalue weighted by atomic mass is 16.5. The van der Waals surface area contributed by atoms with Crippen molar-refractivity contribution in [3.05, 3.63) is 53.9 Å². The molecule has 8 heteroatoms. The number of aromatic carboxylic acids is 1. The molecule has 0 unspecified atom stereocenters. The number of rotatable bonds is 10. The lowest BCUT2D eigenvalue weighted by Gasteiger charge is -2.36. The smallest absolute Gasteiger partial charge is 0.335 e. The third-order valence-electron chi connectivity index (χ3n) is 6.08. The van der Waals surface area contributed by atoms with Gasteiger partial charge in [-0.2, -0.15) is 0 Å². The molecule has 1 aliphatic rings. The van der Waals surface area contributed by atoms with Gasteiger partial charge < -0.3 is 19.5 Å². The predicted molar refractivity (Wildman–Crippen MR) is 129 cm³/mol. The first kappa shape index (κ1) is 23.2. The summed E-state index contributed by atoms with van der Waals surface area (Å²) in [7, 11) is 1.67. The average Bonchev–Trinajstić information content (AvgIpc) is 3.21. The molecule has 33 heavy (non-hydrogen) atoms. The van der Waals surface area contributed by atoms with Crippen LogP contribution in [0.5, 0.6) is 0 Å². The van der Waals surface area contributed by atoms with Crippen LogP contribution in [0, 0.1) is 0 Å². The van der Waals surface area contributed by atoms with Crippen LogP contribution in [0.3, 0.4) is 0 Å². The standard InChI is InChI=1S/C25H32N4O4/c1-3-33-16-14-27-10-12-28(13-11-27)20-5-4-6-21(18-20)29-23-8-7-19(25(30)31)17-22(23)26-24(29)9-15-32-2/h4-8,17-18H,3,9-16H2,1-2H3,(H,30,31). The molecule has 0 amide bonds. The topological polar surface area (TPSA) is 80.1 Å². The van der Waals surface area contributed by atoms with Crippen LogP contribution >= 0.6 is 0 Å². The zero-order valence-corrected chi connectivity index (χ0v) is 19.4. The summed E-state index contributed by atoms with van der Waals surface area (Å²) in [6, 6.07) is 13.6. The van der Waals surface area contributed by atoms with Crippen LogP contribution in [0.25, 0.3) is 16.7 Å². The molecule has 1 N–H and O–H groups in total. The quantitative estimate of drug-likeness (QED) is 0.474. The number of hydrogen-bond acceptors (Lipinski definition) is 6. The first-order valence-corrected chi connectivity index (χ1v) is 11.5. The number of carbonyl (C=O) groups is 1. The highest BCUT2D eigenvalue weighted by Gasteiger charge is 2.19. The van der Waals surface area contributed by atoms with Crippen LogP contribution in [0.15, 0.2) is 42.5 Å². The number of fused-ring (bicyclic) bond motifs is 1. The zero-order valence-electron chi connectivity index (χ0n) is 19.4. The lowest BCUT2D eigenvalue weighted by atomic mass is 10.2. The van der Waals surface area contributed by atoms with Gasteiger partial charge in [0.1, 0.15) is 5.82 Å². The van der Waals surface area contributed by atoms with Crippen LogP contribution in [0.1, 0.15) is 23.1 Å². The number of imidazole rings is 1. The Kier molecular flexibility index (Phi) is 7.59. The Hall–Kier alpha value is -2.94. The van der Waals surface area contributed by atoms with Gasteiger partial charge in [0.15, 0.2) is 0 Å². The van der Waals surface area contributed by atoms with Crippen LogP contribution in [0.4, 0.5) is 5.69 Å². The molecule has 0 radical (unpaired) electrons. The lowest BCUT2D eigenvalue weighted by Crippen LogP contribution is -2.47. The van der Waals surface area contributed by atoms with Gasteiger partial charge in [0.25, 0.3) is 0 Å². The van der Waals surface area contributed by atoms with Gasteiger partial charge in [-0.25, -0.2) is 9.78 Å². The van der Waals surface area contributed by atoms with Gasteiger partial charge in [0.2, 0.25) is 0 Å². The van der Waals surface area contributed by atoms with Crippen molar-refractivity contribution >= 4 is 22.7 Å². The molecular weight excluding hydrogens is 420 g/mol. The molecule has 4 rings (SSSR count). The molecule has 0 atom stereocenters. The molecule has 3 aromatic rings. The van der Waals surface area contributed by atoms with Crippen molar-refractivity contribution in [1.29, 1.82) is 0 Å². The van der Waals surface area contributed by atoms with E-state index < -0.39 is 5.97 Å². The fourth-order valence-corrected chi connectivity index (χ4v) is 4.31. The Morgan fingerprint density at radius 1 is 1.06 bits per heavy atom. The molecule has 2 heterocycles. The van der Waals surface area contributed by atoms with Gasteiger partial charge in [0, 0.05) is 64.2 Å². The first-order valence-electron chi connectivity index (χ1n) is 11.5. The molecule has 2 aromatic carbocycles. The fourth-order valence-electron chi connectivity index (χ4n) is 4.31. The largest absolute Gasteiger partial charge is 0.478 e. The number of carboxylic acids is 1. The molecule has 1 saturated heterocycles. The number of ether oxygens (including phenoxy) is 2. The van der Waals surface area contributed by atoms with Crippen molar-refractivity contribution in [2.75, 3.05) is 64.6 Å². The molecule has 0 bridgehead atoms. The van der Waals surface area contributed by atoms with E-state index in [4.69, 9.17) is 14.5 Å². The van der Waals surface area contributed by atoms with Crippen molar-refractivity contribution in [3.63, 3.8) is 0 Å². The Morgan fingerprint density at radius 2 is 1.85 bits per heavy atom. The molecule has 176 valence electrons. The van der Waals surface area contributed by atoms with Gasteiger partial charge in [-0.15, -0.1) is 0 Å². The molecule has 0 saturated carbocycles. The minimum atomic E-state index is -0.952. The summed E-state index contributed by atoms with van der Waals surface area (Å²) in [5, 5.41) is 9.37. The summed E-state index contributed by atoms with van der Waals surface area (Å²) in [5.74, 6) is -0.0976. The van der Waals surface area contributed by atoms with Gasteiger partial charge >= 0.3 is 5.97 Å². The number of anilines is 1. The third-order valence-corrected chi connectivity index (χ3v) is 6.08. The highest BCUT2D eigenvalue weighted by Crippen LogP contribution is 2.27. The maximum absolute atomic E-state index is 11.4. The zero-order chi connectivity index (χ0) is 23.2. The highest BCUT2D eigenvalue weighted by molar-refractivity contribution is 5.93. The number of carboxylic acid groups (broad SMARTS) is 1. The summed E-state index contributed by atoms with van der Waals surface area (Å²) in [6.45, 7) is 9.07. The Balaban J connectivity index is 1.60. The molecule has 1 aliphatic heterocycles. The first-order chi connectivity index (χ1) is 16.1. The monoisotopic (exact) mass is 452 g/mol. The summed E-state index contributed by atoms with van der Waals surface area (Å²) >= 11 is 0. The summed E-state index contributed by atoms with van der Waals surface area (Å²) in [6.07, 6.45) is 0.635. The van der Waals surface area contributed by atoms with Crippen LogP contribution in [-0.4, -0.2) is 85.2 Å². The second-order valence-corrected chi connectivity index (χ2v) is 8.16. The maximum atomic E-state index is 11.4. The van der Waals surface area contributed by atoms with E-state index in [1.807, 2.05) is 13.0 Å². The normalized spacial score (nSPS) is 14.8. The average molecular weight is 453 g/mol. The van der Waals surface area contributed by atoms with Crippen molar-refractivity contribution in [1.82, 2.24) is 14.5 Å². The van der Waals surface area contributed by atoms with Crippen molar-refractivity contribution < 1.29 is 19.4 Å². The summed E-state index contributed by atoms with van der Waals surface area (Å²) in [4.78, 5) is 21.0. The van der Waals surface area contributed by atoms with E-state index in [9.17, 15) is 9.90 Å². The van der Waals surface area contributed by atoms with Crippen molar-refractivity contribution in [2.24, 2.45) is 0 Å². The van der Waals surface area contributed by atoms with Gasteiger partial charge in [0.05, 0.1) is 29.8 Å². The van der Waals surface area contributed by atoms with Gasteiger partial charge in [-0.1, -0.05) is 6.07 Å². The Bertz CT molecular complexity index is 1090. The number of methoxy groups -OCH3 is 1. The number of benzene rings is 2. The van der Waals surface area contributed by atoms with Crippen LogP contribution in [0.2, 0.25) is 0 Å². The third kappa shape index (κ3) is 5.35. The minimum absolute atomic E-state index is 0.237. The van der Waals surface area contributed by atoms with Crippen molar-refractivity contribution in [2.45, 2.75) is 13.3 Å². The van der Waals surface area contributed by atoms with Crippen LogP contribution < -0.4 is 4.90 Å². The second kappa shape index (κ2) is 10.8. The van der Waals surface area contributed by atoms with E-state index in [1.165, 1.54) is 5.69 Å². The number of aromatic nitrogens is 2. The molecule has 1 aromatic heterocycles. The van der Waals surface area contributed by atoms with E-state index >= 15 is 0 Å². The number of hydrogen-bond donors (Lipinski definition) is 1. The lowest BCUT2D eigenvalue weighted by molar-refractivity contribution is 0.0697. The van der Waals surface area contributed by atoms with Gasteiger partial charge in [-0.05, 0) is 43.3 Å².